The maximum absolute atomic E-state index is 14.0. The number of halogens is 2. The number of nitrogens with zero attached hydrogens (tertiary/aromatic N) is 1. The summed E-state index contributed by atoms with van der Waals surface area (Å²) in [4.78, 5) is 26.3. The molecule has 7 heteroatoms. The first-order valence-electron chi connectivity index (χ1n) is 8.24. The molecule has 0 unspecified atom stereocenters. The van der Waals surface area contributed by atoms with E-state index in [0.29, 0.717) is 34.6 Å². The molecule has 5 nitrogen and oxygen atoms in total. The fourth-order valence-corrected chi connectivity index (χ4v) is 3.24. The molecule has 0 radical (unpaired) electrons. The number of ether oxygens (including phenoxy) is 1. The van der Waals surface area contributed by atoms with E-state index in [9.17, 15) is 14.0 Å². The zero-order chi connectivity index (χ0) is 18.7. The molecule has 1 saturated heterocycles. The first kappa shape index (κ1) is 18.4. The number of piperidine rings is 1. The molecule has 0 aromatic heterocycles. The van der Waals surface area contributed by atoms with Gasteiger partial charge in [0.05, 0.1) is 18.4 Å². The van der Waals surface area contributed by atoms with Gasteiger partial charge in [0.1, 0.15) is 11.6 Å². The molecule has 0 atom stereocenters. The fourth-order valence-electron chi connectivity index (χ4n) is 2.91. The zero-order valence-electron chi connectivity index (χ0n) is 14.2. The second-order valence-electron chi connectivity index (χ2n) is 5.97. The van der Waals surface area contributed by atoms with E-state index in [1.165, 1.54) is 19.2 Å². The number of carbonyl (C=O) groups is 2. The number of hydrogen-bond donors (Lipinski definition) is 1. The van der Waals surface area contributed by atoms with Crippen molar-refractivity contribution in [1.82, 2.24) is 0 Å². The quantitative estimate of drug-likeness (QED) is 0.798. The number of anilines is 2. The molecule has 1 fully saturated rings. The summed E-state index contributed by atoms with van der Waals surface area (Å²) >= 11 is 3.16. The standard InChI is InChI=1S/C19H18BrFN2O3/c1-26-17-8-6-13(11-16(17)23-9-3-2-4-18(23)24)22-19(25)14-7-5-12(20)10-15(14)21/h5-8,10-11H,2-4,9H2,1H3,(H,22,25). The van der Waals surface area contributed by atoms with Crippen LogP contribution in [-0.4, -0.2) is 25.5 Å². The molecule has 136 valence electrons. The van der Waals surface area contributed by atoms with Crippen molar-refractivity contribution in [1.29, 1.82) is 0 Å². The lowest BCUT2D eigenvalue weighted by Gasteiger charge is -2.28. The van der Waals surface area contributed by atoms with Crippen LogP contribution in [0.4, 0.5) is 15.8 Å². The Morgan fingerprint density at radius 2 is 2.04 bits per heavy atom. The van der Waals surface area contributed by atoms with Crippen molar-refractivity contribution in [3.63, 3.8) is 0 Å². The highest BCUT2D eigenvalue weighted by Crippen LogP contribution is 2.33. The SMILES string of the molecule is COc1ccc(NC(=O)c2ccc(Br)cc2F)cc1N1CCCCC1=O. The van der Waals surface area contributed by atoms with Gasteiger partial charge in [-0.15, -0.1) is 0 Å². The minimum absolute atomic E-state index is 0.0250. The van der Waals surface area contributed by atoms with Crippen molar-refractivity contribution in [3.05, 3.63) is 52.3 Å². The summed E-state index contributed by atoms with van der Waals surface area (Å²) in [5, 5.41) is 2.68. The van der Waals surface area contributed by atoms with Gasteiger partial charge in [0.2, 0.25) is 5.91 Å². The zero-order valence-corrected chi connectivity index (χ0v) is 15.8. The summed E-state index contributed by atoms with van der Waals surface area (Å²) in [5.41, 5.74) is 1.01. The Labute approximate surface area is 159 Å². The normalized spacial score (nSPS) is 14.3. The average Bonchev–Trinajstić information content (AvgIpc) is 2.62. The number of methoxy groups -OCH3 is 1. The molecule has 2 aromatic carbocycles. The van der Waals surface area contributed by atoms with Gasteiger partial charge in [0, 0.05) is 23.1 Å². The van der Waals surface area contributed by atoms with E-state index in [4.69, 9.17) is 4.74 Å². The number of nitrogens with one attached hydrogen (secondary N) is 1. The number of rotatable bonds is 4. The first-order valence-corrected chi connectivity index (χ1v) is 9.03. The van der Waals surface area contributed by atoms with Gasteiger partial charge in [0.15, 0.2) is 0 Å². The van der Waals surface area contributed by atoms with Crippen molar-refractivity contribution in [2.75, 3.05) is 23.9 Å². The third kappa shape index (κ3) is 3.88. The molecule has 0 spiro atoms. The molecule has 0 aliphatic carbocycles. The predicted molar refractivity (Wildman–Crippen MR) is 101 cm³/mol. The molecular weight excluding hydrogens is 403 g/mol. The van der Waals surface area contributed by atoms with Crippen LogP contribution >= 0.6 is 15.9 Å². The summed E-state index contributed by atoms with van der Waals surface area (Å²) in [6.07, 6.45) is 2.27. The molecule has 26 heavy (non-hydrogen) atoms. The minimum atomic E-state index is -0.614. The van der Waals surface area contributed by atoms with Crippen LogP contribution in [0.5, 0.6) is 5.75 Å². The Bertz CT molecular complexity index is 857. The van der Waals surface area contributed by atoms with Crippen LogP contribution in [0.15, 0.2) is 40.9 Å². The maximum atomic E-state index is 14.0. The molecule has 0 saturated carbocycles. The third-order valence-corrected chi connectivity index (χ3v) is 4.72. The highest BCUT2D eigenvalue weighted by Gasteiger charge is 2.23. The van der Waals surface area contributed by atoms with Gasteiger partial charge >= 0.3 is 0 Å². The van der Waals surface area contributed by atoms with Crippen molar-refractivity contribution in [3.8, 4) is 5.75 Å². The Morgan fingerprint density at radius 1 is 1.23 bits per heavy atom. The van der Waals surface area contributed by atoms with E-state index < -0.39 is 11.7 Å². The molecule has 1 aliphatic heterocycles. The van der Waals surface area contributed by atoms with Crippen LogP contribution in [0, 0.1) is 5.82 Å². The Balaban J connectivity index is 1.87. The van der Waals surface area contributed by atoms with Crippen LogP contribution in [0.2, 0.25) is 0 Å². The number of benzene rings is 2. The molecule has 2 aromatic rings. The van der Waals surface area contributed by atoms with Gasteiger partial charge < -0.3 is 15.0 Å². The second-order valence-corrected chi connectivity index (χ2v) is 6.88. The summed E-state index contributed by atoms with van der Waals surface area (Å²) < 4.78 is 19.9. The number of amides is 2. The molecule has 2 amide bonds. The molecule has 1 N–H and O–H groups in total. The first-order chi connectivity index (χ1) is 12.5. The summed E-state index contributed by atoms with van der Waals surface area (Å²) in [6, 6.07) is 9.27. The van der Waals surface area contributed by atoms with E-state index in [2.05, 4.69) is 21.2 Å². The van der Waals surface area contributed by atoms with Crippen molar-refractivity contribution < 1.29 is 18.7 Å². The molecule has 1 aliphatic rings. The van der Waals surface area contributed by atoms with Gasteiger partial charge in [0.25, 0.3) is 5.91 Å². The highest BCUT2D eigenvalue weighted by atomic mass is 79.9. The van der Waals surface area contributed by atoms with Crippen molar-refractivity contribution in [2.45, 2.75) is 19.3 Å². The van der Waals surface area contributed by atoms with Gasteiger partial charge in [-0.05, 0) is 49.2 Å². The predicted octanol–water partition coefficient (Wildman–Crippen LogP) is 4.37. The van der Waals surface area contributed by atoms with Gasteiger partial charge in [-0.2, -0.15) is 0 Å². The minimum Gasteiger partial charge on any atom is -0.495 e. The van der Waals surface area contributed by atoms with E-state index in [1.807, 2.05) is 0 Å². The van der Waals surface area contributed by atoms with E-state index >= 15 is 0 Å². The van der Waals surface area contributed by atoms with Crippen LogP contribution in [-0.2, 0) is 4.79 Å². The molecular formula is C19H18BrFN2O3. The second kappa shape index (κ2) is 7.86. The smallest absolute Gasteiger partial charge is 0.258 e. The fraction of sp³-hybridized carbons (Fsp3) is 0.263. The van der Waals surface area contributed by atoms with E-state index in [0.717, 1.165) is 12.8 Å². The Hall–Kier alpha value is -2.41. The molecule has 1 heterocycles. The van der Waals surface area contributed by atoms with Crippen LogP contribution in [0.25, 0.3) is 0 Å². The maximum Gasteiger partial charge on any atom is 0.258 e. The summed E-state index contributed by atoms with van der Waals surface area (Å²) in [5.74, 6) is -0.599. The van der Waals surface area contributed by atoms with Crippen LogP contribution in [0.1, 0.15) is 29.6 Å². The number of hydrogen-bond acceptors (Lipinski definition) is 3. The Morgan fingerprint density at radius 3 is 2.73 bits per heavy atom. The molecule has 0 bridgehead atoms. The summed E-state index contributed by atoms with van der Waals surface area (Å²) in [6.45, 7) is 0.605. The van der Waals surface area contributed by atoms with E-state index in [1.54, 1.807) is 29.2 Å². The van der Waals surface area contributed by atoms with Crippen LogP contribution < -0.4 is 15.0 Å². The number of carbonyl (C=O) groups excluding carboxylic acids is 2. The highest BCUT2D eigenvalue weighted by molar-refractivity contribution is 9.10. The molecule has 3 rings (SSSR count). The van der Waals surface area contributed by atoms with Crippen molar-refractivity contribution in [2.24, 2.45) is 0 Å². The topological polar surface area (TPSA) is 58.6 Å². The van der Waals surface area contributed by atoms with Crippen molar-refractivity contribution >= 4 is 39.1 Å². The monoisotopic (exact) mass is 420 g/mol. The average molecular weight is 421 g/mol. The van der Waals surface area contributed by atoms with Gasteiger partial charge in [-0.3, -0.25) is 9.59 Å². The van der Waals surface area contributed by atoms with Gasteiger partial charge in [-0.25, -0.2) is 4.39 Å². The Kier molecular flexibility index (Phi) is 5.56. The largest absolute Gasteiger partial charge is 0.495 e. The lowest BCUT2D eigenvalue weighted by molar-refractivity contribution is -0.119. The third-order valence-electron chi connectivity index (χ3n) is 4.23. The van der Waals surface area contributed by atoms with Gasteiger partial charge in [-0.1, -0.05) is 15.9 Å². The summed E-state index contributed by atoms with van der Waals surface area (Å²) in [7, 11) is 1.53. The lowest BCUT2D eigenvalue weighted by atomic mass is 10.1. The van der Waals surface area contributed by atoms with Crippen LogP contribution in [0.3, 0.4) is 0 Å². The van der Waals surface area contributed by atoms with E-state index in [-0.39, 0.29) is 11.5 Å². The lowest BCUT2D eigenvalue weighted by Crippen LogP contribution is -2.35.